The molecule has 2 heterocycles. The molecule has 0 saturated carbocycles. The number of aromatic nitrogens is 4. The maximum Gasteiger partial charge on any atom is 0.255 e. The van der Waals surface area contributed by atoms with E-state index < -0.39 is 5.91 Å². The molecule has 1 aliphatic rings. The molecule has 0 radical (unpaired) electrons. The van der Waals surface area contributed by atoms with Gasteiger partial charge in [-0.1, -0.05) is 11.8 Å². The first-order chi connectivity index (χ1) is 13.5. The second-order valence-electron chi connectivity index (χ2n) is 6.51. The Hall–Kier alpha value is -3.14. The van der Waals surface area contributed by atoms with Crippen molar-refractivity contribution in [1.82, 2.24) is 19.6 Å². The highest BCUT2D eigenvalue weighted by Crippen LogP contribution is 2.23. The maximum atomic E-state index is 12.3. The Bertz CT molecular complexity index is 1120. The van der Waals surface area contributed by atoms with Gasteiger partial charge in [-0.15, -0.1) is 10.2 Å². The Morgan fingerprint density at radius 1 is 1.18 bits per heavy atom. The van der Waals surface area contributed by atoms with Crippen LogP contribution in [0, 0.1) is 0 Å². The molecule has 4 rings (SSSR count). The number of thioether (sulfide) groups is 1. The lowest BCUT2D eigenvalue weighted by Gasteiger charge is -2.16. The Kier molecular flexibility index (Phi) is 4.86. The fraction of sp³-hybridized carbons (Fsp3) is 0.278. The molecule has 0 atom stereocenters. The summed E-state index contributed by atoms with van der Waals surface area (Å²) in [5, 5.41) is 11.5. The number of aromatic amines is 1. The van der Waals surface area contributed by atoms with Gasteiger partial charge < -0.3 is 11.1 Å². The largest absolute Gasteiger partial charge is 0.366 e. The van der Waals surface area contributed by atoms with Gasteiger partial charge in [0.1, 0.15) is 0 Å². The van der Waals surface area contributed by atoms with E-state index in [2.05, 4.69) is 20.5 Å². The van der Waals surface area contributed by atoms with Crippen molar-refractivity contribution in [2.24, 2.45) is 5.73 Å². The Labute approximate surface area is 163 Å². The molecule has 3 aromatic rings. The molecule has 2 aromatic heterocycles. The monoisotopic (exact) mass is 398 g/mol. The number of aryl methyl sites for hydroxylation is 1. The van der Waals surface area contributed by atoms with Crippen molar-refractivity contribution in [3.05, 3.63) is 51.4 Å². The van der Waals surface area contributed by atoms with Crippen molar-refractivity contribution < 1.29 is 9.59 Å². The maximum absolute atomic E-state index is 12.3. The van der Waals surface area contributed by atoms with Crippen molar-refractivity contribution >= 4 is 35.0 Å². The van der Waals surface area contributed by atoms with Gasteiger partial charge in [-0.2, -0.15) is 0 Å². The molecule has 9 nitrogen and oxygen atoms in total. The van der Waals surface area contributed by atoms with E-state index in [1.807, 2.05) is 4.40 Å². The average molecular weight is 398 g/mol. The second-order valence-corrected chi connectivity index (χ2v) is 7.45. The fourth-order valence-corrected chi connectivity index (χ4v) is 4.05. The molecule has 144 valence electrons. The molecule has 0 unspecified atom stereocenters. The summed E-state index contributed by atoms with van der Waals surface area (Å²) in [5.74, 6) is -0.206. The van der Waals surface area contributed by atoms with E-state index in [-0.39, 0.29) is 17.2 Å². The Balaban J connectivity index is 1.49. The number of nitrogens with two attached hydrogens (primary N) is 1. The number of anilines is 1. The van der Waals surface area contributed by atoms with Crippen LogP contribution in [0.1, 0.15) is 34.5 Å². The summed E-state index contributed by atoms with van der Waals surface area (Å²) in [6.07, 6.45) is 3.53. The predicted octanol–water partition coefficient (Wildman–Crippen LogP) is 1.13. The Morgan fingerprint density at radius 2 is 1.93 bits per heavy atom. The number of fused-ring (bicyclic) bond motifs is 3. The molecule has 0 spiro atoms. The van der Waals surface area contributed by atoms with Gasteiger partial charge in [0.2, 0.25) is 17.6 Å². The molecule has 28 heavy (non-hydrogen) atoms. The number of carbonyl (C=O) groups is 2. The van der Waals surface area contributed by atoms with Gasteiger partial charge >= 0.3 is 0 Å². The summed E-state index contributed by atoms with van der Waals surface area (Å²) < 4.78 is 1.84. The number of nitrogens with one attached hydrogen (secondary N) is 2. The molecule has 4 N–H and O–H groups in total. The van der Waals surface area contributed by atoms with E-state index in [1.165, 1.54) is 11.8 Å². The highest BCUT2D eigenvalue weighted by molar-refractivity contribution is 7.99. The number of nitrogens with zero attached hydrogens (tertiary/aromatic N) is 3. The third-order valence-electron chi connectivity index (χ3n) is 4.63. The van der Waals surface area contributed by atoms with E-state index >= 15 is 0 Å². The van der Waals surface area contributed by atoms with Crippen molar-refractivity contribution in [2.75, 3.05) is 11.1 Å². The van der Waals surface area contributed by atoms with Gasteiger partial charge in [0, 0.05) is 22.5 Å². The summed E-state index contributed by atoms with van der Waals surface area (Å²) in [5.41, 5.74) is 7.75. The first kappa shape index (κ1) is 18.2. The molecule has 0 fully saturated rings. The minimum absolute atomic E-state index is 0.108. The standard InChI is InChI=1S/C18H18N6O3S/c19-15(26)10-5-7-11(8-6-10)20-14(25)9-28-18-23-22-17-21-16(27)12-3-1-2-4-13(12)24(17)18/h5-8H,1-4,9H2,(H2,19,26)(H,20,25)(H,21,22,27). The molecule has 1 aromatic carbocycles. The van der Waals surface area contributed by atoms with Crippen LogP contribution < -0.4 is 16.6 Å². The van der Waals surface area contributed by atoms with E-state index in [0.717, 1.165) is 36.9 Å². The zero-order valence-electron chi connectivity index (χ0n) is 14.9. The molecular weight excluding hydrogens is 380 g/mol. The number of hydrogen-bond acceptors (Lipinski definition) is 6. The summed E-state index contributed by atoms with van der Waals surface area (Å²) in [7, 11) is 0. The average Bonchev–Trinajstić information content (AvgIpc) is 3.10. The summed E-state index contributed by atoms with van der Waals surface area (Å²) >= 11 is 1.25. The topological polar surface area (TPSA) is 135 Å². The number of hydrogen-bond donors (Lipinski definition) is 3. The van der Waals surface area contributed by atoms with Crippen LogP contribution in [0.15, 0.2) is 34.2 Å². The molecule has 2 amide bonds. The van der Waals surface area contributed by atoms with E-state index in [9.17, 15) is 14.4 Å². The van der Waals surface area contributed by atoms with Crippen molar-refractivity contribution in [1.29, 1.82) is 0 Å². The summed E-state index contributed by atoms with van der Waals surface area (Å²) in [6.45, 7) is 0. The number of carbonyl (C=O) groups excluding carboxylic acids is 2. The number of amides is 2. The van der Waals surface area contributed by atoms with E-state index in [0.29, 0.717) is 22.2 Å². The fourth-order valence-electron chi connectivity index (χ4n) is 3.29. The molecule has 10 heteroatoms. The second kappa shape index (κ2) is 7.47. The minimum atomic E-state index is -0.520. The van der Waals surface area contributed by atoms with E-state index in [1.54, 1.807) is 24.3 Å². The van der Waals surface area contributed by atoms with Gasteiger partial charge in [0.15, 0.2) is 5.16 Å². The minimum Gasteiger partial charge on any atom is -0.366 e. The number of benzene rings is 1. The van der Waals surface area contributed by atoms with Crippen LogP contribution in [-0.4, -0.2) is 37.1 Å². The molecule has 0 aliphatic heterocycles. The van der Waals surface area contributed by atoms with Crippen molar-refractivity contribution in [2.45, 2.75) is 30.8 Å². The SMILES string of the molecule is NC(=O)c1ccc(NC(=O)CSc2nnc3[nH]c(=O)c4c(n23)CCCC4)cc1. The van der Waals surface area contributed by atoms with Gasteiger partial charge in [0.05, 0.1) is 5.75 Å². The van der Waals surface area contributed by atoms with Gasteiger partial charge in [-0.05, 0) is 49.9 Å². The van der Waals surface area contributed by atoms with Crippen LogP contribution in [0.2, 0.25) is 0 Å². The molecule has 0 bridgehead atoms. The number of primary amides is 1. The highest BCUT2D eigenvalue weighted by Gasteiger charge is 2.20. The normalized spacial score (nSPS) is 13.3. The van der Waals surface area contributed by atoms with Crippen LogP contribution in [-0.2, 0) is 17.6 Å². The van der Waals surface area contributed by atoms with E-state index in [4.69, 9.17) is 5.73 Å². The van der Waals surface area contributed by atoms with Crippen LogP contribution in [0.4, 0.5) is 5.69 Å². The van der Waals surface area contributed by atoms with Gasteiger partial charge in [0.25, 0.3) is 5.56 Å². The lowest BCUT2D eigenvalue weighted by molar-refractivity contribution is -0.113. The first-order valence-electron chi connectivity index (χ1n) is 8.84. The molecular formula is C18H18N6O3S. The van der Waals surface area contributed by atoms with Crippen LogP contribution in [0.5, 0.6) is 0 Å². The first-order valence-corrected chi connectivity index (χ1v) is 9.83. The third-order valence-corrected chi connectivity index (χ3v) is 5.56. The van der Waals surface area contributed by atoms with Crippen LogP contribution in [0.25, 0.3) is 5.78 Å². The smallest absolute Gasteiger partial charge is 0.255 e. The van der Waals surface area contributed by atoms with Crippen LogP contribution in [0.3, 0.4) is 0 Å². The lowest BCUT2D eigenvalue weighted by Crippen LogP contribution is -2.23. The summed E-state index contributed by atoms with van der Waals surface area (Å²) in [6, 6.07) is 6.35. The zero-order valence-corrected chi connectivity index (χ0v) is 15.7. The molecule has 1 aliphatic carbocycles. The highest BCUT2D eigenvalue weighted by atomic mass is 32.2. The number of H-pyrrole nitrogens is 1. The number of rotatable bonds is 5. The summed E-state index contributed by atoms with van der Waals surface area (Å²) in [4.78, 5) is 38.3. The predicted molar refractivity (Wildman–Crippen MR) is 105 cm³/mol. The zero-order chi connectivity index (χ0) is 19.7. The van der Waals surface area contributed by atoms with Gasteiger partial charge in [-0.3, -0.25) is 23.8 Å². The third kappa shape index (κ3) is 3.50. The van der Waals surface area contributed by atoms with Crippen molar-refractivity contribution in [3.8, 4) is 0 Å². The Morgan fingerprint density at radius 3 is 2.68 bits per heavy atom. The van der Waals surface area contributed by atoms with Crippen LogP contribution >= 0.6 is 11.8 Å². The van der Waals surface area contributed by atoms with Crippen molar-refractivity contribution in [3.63, 3.8) is 0 Å². The molecule has 0 saturated heterocycles. The lowest BCUT2D eigenvalue weighted by atomic mass is 9.97. The van der Waals surface area contributed by atoms with Gasteiger partial charge in [-0.25, -0.2) is 0 Å². The quantitative estimate of drug-likeness (QED) is 0.551.